The van der Waals surface area contributed by atoms with Crippen LogP contribution in [0.4, 0.5) is 5.69 Å². The molecule has 1 fully saturated rings. The van der Waals surface area contributed by atoms with Crippen molar-refractivity contribution in [3.63, 3.8) is 0 Å². The number of anilines is 1. The zero-order valence-electron chi connectivity index (χ0n) is 18.6. The summed E-state index contributed by atoms with van der Waals surface area (Å²) in [5.41, 5.74) is 2.10. The summed E-state index contributed by atoms with van der Waals surface area (Å²) in [5.74, 6) is 0.186. The molecule has 4 rings (SSSR count). The number of hydrogen-bond acceptors (Lipinski definition) is 7. The van der Waals surface area contributed by atoms with Crippen LogP contribution in [0.5, 0.6) is 0 Å². The zero-order chi connectivity index (χ0) is 23.8. The second-order valence-corrected chi connectivity index (χ2v) is 9.12. The summed E-state index contributed by atoms with van der Waals surface area (Å²) in [7, 11) is 0. The minimum absolute atomic E-state index is 0.0409. The van der Waals surface area contributed by atoms with Gasteiger partial charge in [0.05, 0.1) is 34.4 Å². The van der Waals surface area contributed by atoms with Crippen LogP contribution in [-0.2, 0) is 9.59 Å². The summed E-state index contributed by atoms with van der Waals surface area (Å²) in [5, 5.41) is 3.91. The number of nitrogens with zero attached hydrogens (tertiary/aromatic N) is 5. The standard InChI is InChI=1S/C24H25ClN6O2S/c25-18-6-1-2-7-19(18)28-22(32)16-30-12-5-13-31(15-14-30)23(33)17-34-24-27-11-9-21(29-24)20-8-3-4-10-26-20/h1-4,6-11H,5,12-17H2,(H,28,32). The number of nitrogens with one attached hydrogen (secondary N) is 1. The van der Waals surface area contributed by atoms with Gasteiger partial charge in [-0.2, -0.15) is 0 Å². The Morgan fingerprint density at radius 1 is 0.941 bits per heavy atom. The number of halogens is 1. The Labute approximate surface area is 207 Å². The normalized spacial score (nSPS) is 14.4. The molecule has 34 heavy (non-hydrogen) atoms. The summed E-state index contributed by atoms with van der Waals surface area (Å²) in [6, 6.07) is 14.6. The summed E-state index contributed by atoms with van der Waals surface area (Å²) in [4.78, 5) is 42.3. The van der Waals surface area contributed by atoms with Gasteiger partial charge in [-0.1, -0.05) is 41.6 Å². The molecule has 0 unspecified atom stereocenters. The average molecular weight is 497 g/mol. The molecule has 2 aromatic heterocycles. The Bertz CT molecular complexity index is 1130. The van der Waals surface area contributed by atoms with E-state index in [2.05, 4.69) is 25.2 Å². The van der Waals surface area contributed by atoms with Crippen LogP contribution in [0.3, 0.4) is 0 Å². The zero-order valence-corrected chi connectivity index (χ0v) is 20.1. The first-order chi connectivity index (χ1) is 16.6. The number of thioether (sulfide) groups is 1. The first-order valence-corrected chi connectivity index (χ1v) is 12.4. The lowest BCUT2D eigenvalue weighted by molar-refractivity contribution is -0.128. The SMILES string of the molecule is O=C(CN1CCCN(C(=O)CSc2nccc(-c3ccccn3)n2)CC1)Nc1ccccc1Cl. The van der Waals surface area contributed by atoms with Crippen LogP contribution in [0.1, 0.15) is 6.42 Å². The van der Waals surface area contributed by atoms with Crippen molar-refractivity contribution >= 4 is 40.9 Å². The highest BCUT2D eigenvalue weighted by molar-refractivity contribution is 7.99. The highest BCUT2D eigenvalue weighted by Gasteiger charge is 2.21. The highest BCUT2D eigenvalue weighted by Crippen LogP contribution is 2.21. The molecule has 176 valence electrons. The van der Waals surface area contributed by atoms with E-state index in [0.29, 0.717) is 35.5 Å². The number of hydrogen-bond donors (Lipinski definition) is 1. The summed E-state index contributed by atoms with van der Waals surface area (Å²) in [6.07, 6.45) is 4.21. The van der Waals surface area contributed by atoms with Crippen LogP contribution in [0, 0.1) is 0 Å². The van der Waals surface area contributed by atoms with Crippen molar-refractivity contribution in [1.29, 1.82) is 0 Å². The second-order valence-electron chi connectivity index (χ2n) is 7.77. The fraction of sp³-hybridized carbons (Fsp3) is 0.292. The quantitative estimate of drug-likeness (QED) is 0.395. The topological polar surface area (TPSA) is 91.3 Å². The second kappa shape index (κ2) is 11.9. The van der Waals surface area contributed by atoms with E-state index in [1.165, 1.54) is 11.8 Å². The van der Waals surface area contributed by atoms with Crippen LogP contribution in [0.2, 0.25) is 5.02 Å². The van der Waals surface area contributed by atoms with Gasteiger partial charge in [0.1, 0.15) is 0 Å². The van der Waals surface area contributed by atoms with E-state index in [-0.39, 0.29) is 24.1 Å². The molecular weight excluding hydrogens is 472 g/mol. The maximum absolute atomic E-state index is 12.8. The van der Waals surface area contributed by atoms with Crippen molar-refractivity contribution in [3.8, 4) is 11.4 Å². The lowest BCUT2D eigenvalue weighted by Crippen LogP contribution is -2.38. The van der Waals surface area contributed by atoms with Gasteiger partial charge in [0.15, 0.2) is 5.16 Å². The van der Waals surface area contributed by atoms with Crippen molar-refractivity contribution in [2.45, 2.75) is 11.6 Å². The van der Waals surface area contributed by atoms with Gasteiger partial charge in [-0.3, -0.25) is 19.5 Å². The number of carbonyl (C=O) groups is 2. The monoisotopic (exact) mass is 496 g/mol. The minimum Gasteiger partial charge on any atom is -0.341 e. The predicted molar refractivity (Wildman–Crippen MR) is 134 cm³/mol. The molecule has 3 heterocycles. The molecule has 8 nitrogen and oxygen atoms in total. The van der Waals surface area contributed by atoms with E-state index in [4.69, 9.17) is 11.6 Å². The first kappa shape index (κ1) is 24.1. The average Bonchev–Trinajstić information content (AvgIpc) is 3.10. The van der Waals surface area contributed by atoms with Crippen LogP contribution < -0.4 is 5.32 Å². The Hall–Kier alpha value is -3.01. The number of aromatic nitrogens is 3. The maximum Gasteiger partial charge on any atom is 0.238 e. The lowest BCUT2D eigenvalue weighted by atomic mass is 10.3. The lowest BCUT2D eigenvalue weighted by Gasteiger charge is -2.21. The number of rotatable bonds is 7. The van der Waals surface area contributed by atoms with Gasteiger partial charge in [0.25, 0.3) is 0 Å². The predicted octanol–water partition coefficient (Wildman–Crippen LogP) is 3.46. The van der Waals surface area contributed by atoms with Crippen LogP contribution in [0.25, 0.3) is 11.4 Å². The smallest absolute Gasteiger partial charge is 0.238 e. The van der Waals surface area contributed by atoms with E-state index in [1.54, 1.807) is 30.6 Å². The molecule has 1 aliphatic rings. The Kier molecular flexibility index (Phi) is 8.46. The number of pyridine rings is 1. The third-order valence-electron chi connectivity index (χ3n) is 5.34. The molecule has 0 atom stereocenters. The Balaban J connectivity index is 1.25. The minimum atomic E-state index is -0.117. The highest BCUT2D eigenvalue weighted by atomic mass is 35.5. The van der Waals surface area contributed by atoms with Gasteiger partial charge in [-0.05, 0) is 36.8 Å². The molecule has 0 radical (unpaired) electrons. The van der Waals surface area contributed by atoms with Crippen molar-refractivity contribution in [2.24, 2.45) is 0 Å². The van der Waals surface area contributed by atoms with Crippen LogP contribution in [0.15, 0.2) is 66.1 Å². The van der Waals surface area contributed by atoms with Crippen molar-refractivity contribution in [1.82, 2.24) is 24.8 Å². The third kappa shape index (κ3) is 6.75. The molecule has 0 spiro atoms. The summed E-state index contributed by atoms with van der Waals surface area (Å²) < 4.78 is 0. The van der Waals surface area contributed by atoms with Crippen LogP contribution in [-0.4, -0.2) is 75.0 Å². The molecule has 1 aliphatic heterocycles. The number of amides is 2. The van der Waals surface area contributed by atoms with E-state index >= 15 is 0 Å². The van der Waals surface area contributed by atoms with Crippen molar-refractivity contribution < 1.29 is 9.59 Å². The fourth-order valence-corrected chi connectivity index (χ4v) is 4.54. The van der Waals surface area contributed by atoms with E-state index in [1.807, 2.05) is 35.2 Å². The van der Waals surface area contributed by atoms with Gasteiger partial charge < -0.3 is 10.2 Å². The molecule has 1 aromatic carbocycles. The summed E-state index contributed by atoms with van der Waals surface area (Å²) >= 11 is 7.44. The molecule has 0 aliphatic carbocycles. The fourth-order valence-electron chi connectivity index (χ4n) is 3.62. The van der Waals surface area contributed by atoms with Gasteiger partial charge >= 0.3 is 0 Å². The number of benzene rings is 1. The van der Waals surface area contributed by atoms with Gasteiger partial charge in [0, 0.05) is 38.6 Å². The molecular formula is C24H25ClN6O2S. The van der Waals surface area contributed by atoms with E-state index < -0.39 is 0 Å². The third-order valence-corrected chi connectivity index (χ3v) is 6.52. The molecule has 0 saturated carbocycles. The van der Waals surface area contributed by atoms with Crippen molar-refractivity contribution in [3.05, 3.63) is 65.9 Å². The van der Waals surface area contributed by atoms with Gasteiger partial charge in [-0.25, -0.2) is 9.97 Å². The van der Waals surface area contributed by atoms with Crippen molar-refractivity contribution in [2.75, 3.05) is 43.8 Å². The molecule has 2 amide bonds. The Morgan fingerprint density at radius 3 is 2.62 bits per heavy atom. The maximum atomic E-state index is 12.8. The van der Waals surface area contributed by atoms with E-state index in [0.717, 1.165) is 24.4 Å². The Morgan fingerprint density at radius 2 is 1.79 bits per heavy atom. The van der Waals surface area contributed by atoms with Gasteiger partial charge in [-0.15, -0.1) is 0 Å². The molecule has 0 bridgehead atoms. The molecule has 3 aromatic rings. The molecule has 1 N–H and O–H groups in total. The van der Waals surface area contributed by atoms with E-state index in [9.17, 15) is 9.59 Å². The van der Waals surface area contributed by atoms with Crippen LogP contribution >= 0.6 is 23.4 Å². The van der Waals surface area contributed by atoms with Gasteiger partial charge in [0.2, 0.25) is 11.8 Å². The summed E-state index contributed by atoms with van der Waals surface area (Å²) in [6.45, 7) is 2.89. The first-order valence-electron chi connectivity index (χ1n) is 11.0. The number of carbonyl (C=O) groups excluding carboxylic acids is 2. The number of para-hydroxylation sites is 1. The molecule has 10 heteroatoms. The largest absolute Gasteiger partial charge is 0.341 e. The molecule has 1 saturated heterocycles.